The molecule has 5 nitrogen and oxygen atoms in total. The van der Waals surface area contributed by atoms with E-state index in [1.807, 2.05) is 0 Å². The molecule has 0 atom stereocenters. The Kier molecular flexibility index (Phi) is 3.68. The first-order valence-corrected chi connectivity index (χ1v) is 4.31. The number of hydrogen-bond acceptors (Lipinski definition) is 4. The van der Waals surface area contributed by atoms with Gasteiger partial charge >= 0.3 is 11.9 Å². The van der Waals surface area contributed by atoms with Gasteiger partial charge in [-0.25, -0.2) is 9.59 Å². The Morgan fingerprint density at radius 1 is 1.53 bits per heavy atom. The second kappa shape index (κ2) is 4.99. The van der Waals surface area contributed by atoms with Gasteiger partial charge in [0.2, 0.25) is 5.76 Å². The zero-order valence-corrected chi connectivity index (χ0v) is 8.10. The number of furan rings is 1. The number of ether oxygens (including phenoxy) is 1. The monoisotopic (exact) mass is 210 g/mol. The maximum atomic E-state index is 10.9. The van der Waals surface area contributed by atoms with Gasteiger partial charge in [-0.3, -0.25) is 0 Å². The van der Waals surface area contributed by atoms with Crippen molar-refractivity contribution in [2.75, 3.05) is 6.61 Å². The summed E-state index contributed by atoms with van der Waals surface area (Å²) in [7, 11) is 0. The van der Waals surface area contributed by atoms with Crippen LogP contribution in [0.2, 0.25) is 0 Å². The molecule has 0 amide bonds. The van der Waals surface area contributed by atoms with Crippen molar-refractivity contribution < 1.29 is 23.8 Å². The average molecular weight is 210 g/mol. The summed E-state index contributed by atoms with van der Waals surface area (Å²) in [4.78, 5) is 21.3. The molecule has 1 N–H and O–H groups in total. The number of esters is 1. The van der Waals surface area contributed by atoms with Gasteiger partial charge in [-0.15, -0.1) is 0 Å². The second-order valence-corrected chi connectivity index (χ2v) is 2.59. The first-order valence-electron chi connectivity index (χ1n) is 4.31. The number of rotatable bonds is 4. The topological polar surface area (TPSA) is 76.7 Å². The Morgan fingerprint density at radius 2 is 2.27 bits per heavy atom. The lowest BCUT2D eigenvalue weighted by Crippen LogP contribution is -1.98. The van der Waals surface area contributed by atoms with E-state index in [1.165, 1.54) is 24.3 Å². The minimum Gasteiger partial charge on any atom is -0.475 e. The molecule has 15 heavy (non-hydrogen) atoms. The van der Waals surface area contributed by atoms with E-state index in [2.05, 4.69) is 4.74 Å². The lowest BCUT2D eigenvalue weighted by molar-refractivity contribution is -0.137. The third-order valence-corrected chi connectivity index (χ3v) is 1.51. The predicted octanol–water partition coefficient (Wildman–Crippen LogP) is 1.55. The molecular formula is C10H10O5. The van der Waals surface area contributed by atoms with Gasteiger partial charge in [-0.05, 0) is 25.1 Å². The van der Waals surface area contributed by atoms with Crippen molar-refractivity contribution in [3.8, 4) is 0 Å². The molecule has 0 saturated carbocycles. The standard InChI is InChI=1S/C10H10O5/c1-2-14-9(11)6-4-7-3-5-8(15-7)10(12)13/h3-6H,2H2,1H3,(H,12,13). The molecule has 0 saturated heterocycles. The number of carbonyl (C=O) groups is 2. The van der Waals surface area contributed by atoms with Crippen molar-refractivity contribution >= 4 is 18.0 Å². The first kappa shape index (κ1) is 11.0. The molecule has 1 rings (SSSR count). The van der Waals surface area contributed by atoms with Crippen molar-refractivity contribution in [2.45, 2.75) is 6.92 Å². The largest absolute Gasteiger partial charge is 0.475 e. The van der Waals surface area contributed by atoms with E-state index in [4.69, 9.17) is 9.52 Å². The fourth-order valence-corrected chi connectivity index (χ4v) is 0.898. The van der Waals surface area contributed by atoms with E-state index < -0.39 is 11.9 Å². The normalized spacial score (nSPS) is 10.5. The average Bonchev–Trinajstić information content (AvgIpc) is 2.63. The highest BCUT2D eigenvalue weighted by Crippen LogP contribution is 2.09. The molecule has 0 bridgehead atoms. The molecule has 0 aliphatic carbocycles. The molecule has 1 heterocycles. The van der Waals surface area contributed by atoms with E-state index >= 15 is 0 Å². The summed E-state index contributed by atoms with van der Waals surface area (Å²) in [5, 5.41) is 8.55. The Bertz CT molecular complexity index is 388. The number of hydrogen-bond donors (Lipinski definition) is 1. The van der Waals surface area contributed by atoms with Crippen molar-refractivity contribution in [1.29, 1.82) is 0 Å². The summed E-state index contributed by atoms with van der Waals surface area (Å²) < 4.78 is 9.51. The highest BCUT2D eigenvalue weighted by molar-refractivity contribution is 5.87. The van der Waals surface area contributed by atoms with Crippen LogP contribution < -0.4 is 0 Å². The summed E-state index contributed by atoms with van der Waals surface area (Å²) in [5.74, 6) is -1.52. The van der Waals surface area contributed by atoms with E-state index in [-0.39, 0.29) is 5.76 Å². The summed E-state index contributed by atoms with van der Waals surface area (Å²) in [6.45, 7) is 1.99. The number of carbonyl (C=O) groups excluding carboxylic acids is 1. The molecule has 0 aromatic carbocycles. The highest BCUT2D eigenvalue weighted by Gasteiger charge is 2.07. The second-order valence-electron chi connectivity index (χ2n) is 2.59. The predicted molar refractivity (Wildman–Crippen MR) is 51.3 cm³/mol. The van der Waals surface area contributed by atoms with Gasteiger partial charge in [-0.2, -0.15) is 0 Å². The van der Waals surface area contributed by atoms with Crippen LogP contribution in [-0.4, -0.2) is 23.7 Å². The van der Waals surface area contributed by atoms with Crippen LogP contribution in [0, 0.1) is 0 Å². The molecule has 0 unspecified atom stereocenters. The highest BCUT2D eigenvalue weighted by atomic mass is 16.5. The summed E-state index contributed by atoms with van der Waals surface area (Å²) in [6.07, 6.45) is 2.53. The third-order valence-electron chi connectivity index (χ3n) is 1.51. The molecule has 0 aliphatic rings. The Balaban J connectivity index is 2.64. The van der Waals surface area contributed by atoms with E-state index in [9.17, 15) is 9.59 Å². The van der Waals surface area contributed by atoms with Gasteiger partial charge in [0.1, 0.15) is 5.76 Å². The summed E-state index contributed by atoms with van der Waals surface area (Å²) in [6, 6.07) is 2.77. The zero-order valence-electron chi connectivity index (χ0n) is 8.10. The van der Waals surface area contributed by atoms with Crippen molar-refractivity contribution in [2.24, 2.45) is 0 Å². The van der Waals surface area contributed by atoms with Gasteiger partial charge in [-0.1, -0.05) is 0 Å². The Hall–Kier alpha value is -2.04. The Morgan fingerprint density at radius 3 is 2.80 bits per heavy atom. The van der Waals surface area contributed by atoms with Gasteiger partial charge < -0.3 is 14.3 Å². The molecule has 1 aromatic heterocycles. The molecule has 0 spiro atoms. The smallest absolute Gasteiger partial charge is 0.371 e. The SMILES string of the molecule is CCOC(=O)C=Cc1ccc(C(=O)O)o1. The van der Waals surface area contributed by atoms with E-state index in [1.54, 1.807) is 6.92 Å². The fraction of sp³-hybridized carbons (Fsp3) is 0.200. The first-order chi connectivity index (χ1) is 7.13. The van der Waals surface area contributed by atoms with E-state index in [0.29, 0.717) is 12.4 Å². The Labute approximate surface area is 86.0 Å². The van der Waals surface area contributed by atoms with Crippen molar-refractivity contribution in [1.82, 2.24) is 0 Å². The quantitative estimate of drug-likeness (QED) is 0.602. The van der Waals surface area contributed by atoms with Gasteiger partial charge in [0.25, 0.3) is 0 Å². The summed E-state index contributed by atoms with van der Waals surface area (Å²) >= 11 is 0. The summed E-state index contributed by atoms with van der Waals surface area (Å²) in [5.41, 5.74) is 0. The van der Waals surface area contributed by atoms with Crippen LogP contribution in [0.4, 0.5) is 0 Å². The number of carboxylic acid groups (broad SMARTS) is 1. The molecular weight excluding hydrogens is 200 g/mol. The van der Waals surface area contributed by atoms with Crippen LogP contribution >= 0.6 is 0 Å². The lowest BCUT2D eigenvalue weighted by atomic mass is 10.4. The van der Waals surface area contributed by atoms with Crippen LogP contribution in [0.15, 0.2) is 22.6 Å². The van der Waals surface area contributed by atoms with Crippen LogP contribution in [-0.2, 0) is 9.53 Å². The van der Waals surface area contributed by atoms with Gasteiger partial charge in [0.05, 0.1) is 6.61 Å². The zero-order chi connectivity index (χ0) is 11.3. The van der Waals surface area contributed by atoms with Crippen LogP contribution in [0.5, 0.6) is 0 Å². The minimum absolute atomic E-state index is 0.168. The van der Waals surface area contributed by atoms with E-state index in [0.717, 1.165) is 0 Å². The van der Waals surface area contributed by atoms with Crippen molar-refractivity contribution in [3.63, 3.8) is 0 Å². The molecule has 1 aromatic rings. The van der Waals surface area contributed by atoms with Gasteiger partial charge in [0.15, 0.2) is 0 Å². The number of carboxylic acids is 1. The number of aromatic carboxylic acids is 1. The van der Waals surface area contributed by atoms with Crippen LogP contribution in [0.3, 0.4) is 0 Å². The maximum absolute atomic E-state index is 10.9. The molecule has 0 aliphatic heterocycles. The lowest BCUT2D eigenvalue weighted by Gasteiger charge is -1.93. The van der Waals surface area contributed by atoms with Crippen LogP contribution in [0.25, 0.3) is 6.08 Å². The van der Waals surface area contributed by atoms with Gasteiger partial charge in [0, 0.05) is 6.08 Å². The molecule has 0 fully saturated rings. The fourth-order valence-electron chi connectivity index (χ4n) is 0.898. The molecule has 5 heteroatoms. The molecule has 0 radical (unpaired) electrons. The van der Waals surface area contributed by atoms with Crippen molar-refractivity contribution in [3.05, 3.63) is 29.7 Å². The third kappa shape index (κ3) is 3.30. The minimum atomic E-state index is -1.15. The maximum Gasteiger partial charge on any atom is 0.371 e. The molecule has 80 valence electrons. The van der Waals surface area contributed by atoms with Crippen LogP contribution in [0.1, 0.15) is 23.2 Å².